The van der Waals surface area contributed by atoms with Gasteiger partial charge in [0.05, 0.1) is 0 Å². The van der Waals surface area contributed by atoms with Gasteiger partial charge in [0.1, 0.15) is 0 Å². The van der Waals surface area contributed by atoms with Crippen molar-refractivity contribution in [3.63, 3.8) is 0 Å². The highest BCUT2D eigenvalue weighted by Crippen LogP contribution is 1.88. The second kappa shape index (κ2) is 0.977. The van der Waals surface area contributed by atoms with E-state index in [1.807, 2.05) is 0 Å². The van der Waals surface area contributed by atoms with Crippen molar-refractivity contribution in [2.24, 2.45) is 5.73 Å². The largest absolute Gasteiger partial charge is 0.326 e. The zero-order valence-electron chi connectivity index (χ0n) is 5.65. The third kappa shape index (κ3) is 9510. The quantitative estimate of drug-likeness (QED) is 0.451. The van der Waals surface area contributed by atoms with E-state index in [9.17, 15) is 0 Å². The summed E-state index contributed by atoms with van der Waals surface area (Å²) in [5.74, 6) is 0. The van der Waals surface area contributed by atoms with Crippen LogP contribution in [0.25, 0.3) is 0 Å². The molecule has 0 aromatic carbocycles. The Morgan fingerprint density at radius 2 is 2.00 bits per heavy atom. The minimum absolute atomic E-state index is 0.667. The van der Waals surface area contributed by atoms with Crippen LogP contribution in [0, 0.1) is 0 Å². The van der Waals surface area contributed by atoms with Crippen LogP contribution in [0.15, 0.2) is 0 Å². The van der Waals surface area contributed by atoms with Crippen LogP contribution < -0.4 is 5.73 Å². The number of rotatable bonds is 0. The highest BCUT2D eigenvalue weighted by atomic mass is 14.7. The Hall–Kier alpha value is -0.0400. The lowest BCUT2D eigenvalue weighted by Crippen LogP contribution is -2.26. The van der Waals surface area contributed by atoms with Crippen LogP contribution >= 0.6 is 0 Å². The molecule has 0 rings (SSSR count). The van der Waals surface area contributed by atoms with Crippen molar-refractivity contribution in [2.45, 2.75) is 26.3 Å². The van der Waals surface area contributed by atoms with Gasteiger partial charge in [0, 0.05) is 8.28 Å². The molecule has 0 aliphatic rings. The van der Waals surface area contributed by atoms with Crippen molar-refractivity contribution >= 4 is 0 Å². The van der Waals surface area contributed by atoms with Gasteiger partial charge in [-0.15, -0.1) is 0 Å². The van der Waals surface area contributed by atoms with E-state index >= 15 is 0 Å². The van der Waals surface area contributed by atoms with E-state index in [0.717, 1.165) is 0 Å². The molecule has 0 fully saturated rings. The fourth-order valence-electron chi connectivity index (χ4n) is 0. The molecule has 0 saturated carbocycles. The van der Waals surface area contributed by atoms with Gasteiger partial charge in [-0.3, -0.25) is 0 Å². The van der Waals surface area contributed by atoms with Gasteiger partial charge in [0.15, 0.2) is 0 Å². The summed E-state index contributed by atoms with van der Waals surface area (Å²) in [5, 5.41) is 0. The molecule has 0 bridgehead atoms. The lowest BCUT2D eigenvalue weighted by Gasteiger charge is -2.06. The third-order valence-electron chi connectivity index (χ3n) is 0. The predicted molar refractivity (Wildman–Crippen MR) is 23.9 cm³/mol. The molecule has 0 amide bonds. The van der Waals surface area contributed by atoms with Crippen LogP contribution in [0.1, 0.15) is 23.5 Å². The number of hydrogen-bond acceptors (Lipinski definition) is 1. The van der Waals surface area contributed by atoms with Gasteiger partial charge in [-0.25, -0.2) is 0 Å². The fraction of sp³-hybridized carbons (Fsp3) is 1.00. The van der Waals surface area contributed by atoms with Crippen LogP contribution in [0.3, 0.4) is 0 Å². The maximum Gasteiger partial charge on any atom is 0.0249 e. The summed E-state index contributed by atoms with van der Waals surface area (Å²) in [5.41, 5.74) is 4.64. The van der Waals surface area contributed by atoms with Gasteiger partial charge < -0.3 is 5.73 Å². The summed E-state index contributed by atoms with van der Waals surface area (Å²) in [7, 11) is 0. The first-order valence-corrected chi connectivity index (χ1v) is 1.58. The second-order valence-corrected chi connectivity index (χ2v) is 1.82. The lowest BCUT2D eigenvalue weighted by atomic mass is 10.1. The molecule has 32 valence electrons. The summed E-state index contributed by atoms with van der Waals surface area (Å²) in [6.45, 7) is 2.41. The molecule has 1 nitrogen and oxygen atoms in total. The molecule has 0 aliphatic heterocycles. The average molecular weight is 75.2 g/mol. The lowest BCUT2D eigenvalue weighted by molar-refractivity contribution is 0.580. The summed E-state index contributed by atoms with van der Waals surface area (Å²) in [4.78, 5) is 0. The standard InChI is InChI=1S/C4H11N/c1-4(2,3)5/h5H2,1-3H3/i1D2. The molecule has 0 saturated heterocycles. The summed E-state index contributed by atoms with van der Waals surface area (Å²) in [6, 6.07) is 0. The normalized spacial score (nSPS) is 18.4. The molecule has 0 radical (unpaired) electrons. The van der Waals surface area contributed by atoms with E-state index in [1.165, 1.54) is 0 Å². The number of hydrogen-bond donors (Lipinski definition) is 1. The molecule has 2 N–H and O–H groups in total. The van der Waals surface area contributed by atoms with E-state index in [0.29, 0.717) is 0 Å². The Labute approximate surface area is 36.0 Å². The van der Waals surface area contributed by atoms with Crippen LogP contribution in [0.5, 0.6) is 0 Å². The van der Waals surface area contributed by atoms with Gasteiger partial charge in [0.2, 0.25) is 0 Å². The van der Waals surface area contributed by atoms with E-state index < -0.39 is 12.4 Å². The van der Waals surface area contributed by atoms with Gasteiger partial charge in [-0.2, -0.15) is 0 Å². The Morgan fingerprint density at radius 3 is 2.00 bits per heavy atom. The number of nitrogens with two attached hydrogens (primary N) is 1. The minimum atomic E-state index is -0.924. The Kier molecular flexibility index (Phi) is 0.428. The SMILES string of the molecule is [2H]C([2H])C(C)(C)N. The Bertz CT molecular complexity index is 55.2. The molecule has 0 aliphatic carbocycles. The first kappa shape index (κ1) is 2.19. The maximum atomic E-state index is 6.77. The second-order valence-electron chi connectivity index (χ2n) is 1.82. The predicted octanol–water partition coefficient (Wildman–Crippen LogP) is 0.744. The average Bonchev–Trinajstić information content (AvgIpc) is 1.31. The highest BCUT2D eigenvalue weighted by molar-refractivity contribution is 4.60. The summed E-state index contributed by atoms with van der Waals surface area (Å²) >= 11 is 0. The zero-order valence-corrected chi connectivity index (χ0v) is 3.65. The van der Waals surface area contributed by atoms with E-state index in [2.05, 4.69) is 0 Å². The first-order valence-electron chi connectivity index (χ1n) is 2.73. The van der Waals surface area contributed by atoms with Crippen molar-refractivity contribution in [3.05, 3.63) is 0 Å². The van der Waals surface area contributed by atoms with Crippen LogP contribution in [0.2, 0.25) is 0 Å². The van der Waals surface area contributed by atoms with Crippen molar-refractivity contribution in [3.8, 4) is 0 Å². The van der Waals surface area contributed by atoms with Crippen molar-refractivity contribution in [2.75, 3.05) is 0 Å². The summed E-state index contributed by atoms with van der Waals surface area (Å²) < 4.78 is 13.5. The maximum absolute atomic E-state index is 6.77. The molecule has 0 unspecified atom stereocenters. The topological polar surface area (TPSA) is 26.0 Å². The summed E-state index contributed by atoms with van der Waals surface area (Å²) in [6.07, 6.45) is 0. The Morgan fingerprint density at radius 1 is 1.80 bits per heavy atom. The van der Waals surface area contributed by atoms with E-state index in [1.54, 1.807) is 13.8 Å². The molecule has 0 atom stereocenters. The molecular formula is C4H11N. The minimum Gasteiger partial charge on any atom is -0.326 e. The Balaban J connectivity index is 3.54. The monoisotopic (exact) mass is 75.1 g/mol. The van der Waals surface area contributed by atoms with Crippen molar-refractivity contribution in [1.82, 2.24) is 0 Å². The zero-order chi connectivity index (χ0) is 6.08. The molecule has 0 heterocycles. The van der Waals surface area contributed by atoms with Crippen LogP contribution in [-0.4, -0.2) is 5.54 Å². The van der Waals surface area contributed by atoms with Gasteiger partial charge >= 0.3 is 0 Å². The fourth-order valence-corrected chi connectivity index (χ4v) is 0. The van der Waals surface area contributed by atoms with Gasteiger partial charge in [0.25, 0.3) is 0 Å². The molecule has 0 aromatic heterocycles. The third-order valence-corrected chi connectivity index (χ3v) is 0. The molecule has 0 aromatic rings. The molecule has 1 heteroatoms. The van der Waals surface area contributed by atoms with Gasteiger partial charge in [-0.05, 0) is 20.7 Å². The first-order chi connectivity index (χ1) is 2.94. The van der Waals surface area contributed by atoms with E-state index in [-0.39, 0.29) is 0 Å². The highest BCUT2D eigenvalue weighted by Gasteiger charge is 1.95. The van der Waals surface area contributed by atoms with Crippen molar-refractivity contribution in [1.29, 1.82) is 0 Å². The van der Waals surface area contributed by atoms with Gasteiger partial charge in [-0.1, -0.05) is 0 Å². The van der Waals surface area contributed by atoms with E-state index in [4.69, 9.17) is 8.48 Å². The van der Waals surface area contributed by atoms with Crippen LogP contribution in [0.4, 0.5) is 0 Å². The van der Waals surface area contributed by atoms with Crippen LogP contribution in [-0.2, 0) is 0 Å². The molecule has 0 spiro atoms. The van der Waals surface area contributed by atoms with Crippen molar-refractivity contribution < 1.29 is 2.74 Å². The smallest absolute Gasteiger partial charge is 0.0249 e. The molecule has 5 heavy (non-hydrogen) atoms. The molecular weight excluding hydrogens is 62.1 g/mol.